The summed E-state index contributed by atoms with van der Waals surface area (Å²) in [6, 6.07) is 10.5. The first-order valence-corrected chi connectivity index (χ1v) is 8.75. The zero-order valence-electron chi connectivity index (χ0n) is 14.7. The van der Waals surface area contributed by atoms with Crippen LogP contribution in [0.4, 0.5) is 18.9 Å². The van der Waals surface area contributed by atoms with Gasteiger partial charge in [0.15, 0.2) is 0 Å². The minimum atomic E-state index is -4.46. The van der Waals surface area contributed by atoms with Crippen LogP contribution < -0.4 is 5.32 Å². The van der Waals surface area contributed by atoms with Crippen LogP contribution in [-0.4, -0.2) is 26.1 Å². The van der Waals surface area contributed by atoms with Crippen LogP contribution in [-0.2, 0) is 30.4 Å². The summed E-state index contributed by atoms with van der Waals surface area (Å²) in [6.45, 7) is -0.191. The molecule has 144 valence electrons. The Labute approximate surface area is 158 Å². The molecule has 1 amide bonds. The smallest absolute Gasteiger partial charge is 0.324 e. The number of amides is 1. The van der Waals surface area contributed by atoms with Gasteiger partial charge >= 0.3 is 6.18 Å². The molecule has 4 rings (SSSR count). The van der Waals surface area contributed by atoms with Crippen molar-refractivity contribution in [2.24, 2.45) is 0 Å². The molecule has 0 spiro atoms. The van der Waals surface area contributed by atoms with Gasteiger partial charge in [0, 0.05) is 11.3 Å². The van der Waals surface area contributed by atoms with Gasteiger partial charge < -0.3 is 5.32 Å². The van der Waals surface area contributed by atoms with Gasteiger partial charge in [-0.15, -0.1) is 10.2 Å². The second kappa shape index (κ2) is 7.06. The number of nitrogens with one attached hydrogen (secondary N) is 1. The number of hydrogen-bond donors (Lipinski definition) is 1. The van der Waals surface area contributed by atoms with Crippen LogP contribution in [0.15, 0.2) is 42.5 Å². The van der Waals surface area contributed by atoms with Gasteiger partial charge in [-0.1, -0.05) is 18.2 Å². The van der Waals surface area contributed by atoms with Crippen molar-refractivity contribution in [1.82, 2.24) is 20.2 Å². The van der Waals surface area contributed by atoms with Crippen molar-refractivity contribution in [3.05, 3.63) is 59.2 Å². The maximum Gasteiger partial charge on any atom is 0.416 e. The third-order valence-electron chi connectivity index (χ3n) is 4.57. The molecule has 1 N–H and O–H groups in total. The molecule has 0 atom stereocenters. The Hall–Kier alpha value is -3.23. The van der Waals surface area contributed by atoms with Crippen molar-refractivity contribution in [3.63, 3.8) is 0 Å². The molecule has 0 saturated carbocycles. The third-order valence-corrected chi connectivity index (χ3v) is 4.57. The van der Waals surface area contributed by atoms with E-state index in [1.165, 1.54) is 23.3 Å². The number of aryl methyl sites for hydroxylation is 2. The number of hydrogen-bond acceptors (Lipinski definition) is 4. The lowest BCUT2D eigenvalue weighted by Crippen LogP contribution is -2.20. The van der Waals surface area contributed by atoms with Crippen molar-refractivity contribution >= 4 is 11.6 Å². The molecule has 0 radical (unpaired) electrons. The summed E-state index contributed by atoms with van der Waals surface area (Å²) in [4.78, 5) is 13.3. The quantitative estimate of drug-likeness (QED) is 0.744. The van der Waals surface area contributed by atoms with E-state index in [4.69, 9.17) is 0 Å². The molecule has 0 unspecified atom stereocenters. The van der Waals surface area contributed by atoms with Crippen LogP contribution in [0, 0.1) is 0 Å². The molecule has 0 saturated heterocycles. The predicted octanol–water partition coefficient (Wildman–Crippen LogP) is 3.49. The average molecular weight is 387 g/mol. The monoisotopic (exact) mass is 387 g/mol. The molecule has 1 heterocycles. The van der Waals surface area contributed by atoms with E-state index in [1.807, 2.05) is 18.2 Å². The van der Waals surface area contributed by atoms with Crippen LogP contribution in [0.1, 0.15) is 23.1 Å². The van der Waals surface area contributed by atoms with Gasteiger partial charge in [-0.2, -0.15) is 18.0 Å². The Morgan fingerprint density at radius 1 is 1.11 bits per heavy atom. The summed E-state index contributed by atoms with van der Waals surface area (Å²) in [5.74, 6) is -0.317. The molecule has 6 nitrogen and oxygen atoms in total. The van der Waals surface area contributed by atoms with Crippen LogP contribution in [0.5, 0.6) is 0 Å². The largest absolute Gasteiger partial charge is 0.416 e. The highest BCUT2D eigenvalue weighted by Gasteiger charge is 2.30. The standard InChI is InChI=1S/C19H16F3N5O/c20-19(21,22)15-6-2-5-14(9-15)18-24-26-27(25-18)11-17(28)23-16-8-7-12-3-1-4-13(12)10-16/h2,5-10H,1,3-4,11H2,(H,23,28). The second-order valence-electron chi connectivity index (χ2n) is 6.61. The summed E-state index contributed by atoms with van der Waals surface area (Å²) in [6.07, 6.45) is -1.27. The Kier molecular flexibility index (Phi) is 4.58. The number of rotatable bonds is 4. The molecule has 0 aliphatic heterocycles. The van der Waals surface area contributed by atoms with Gasteiger partial charge in [-0.25, -0.2) is 0 Å². The van der Waals surface area contributed by atoms with Gasteiger partial charge in [0.1, 0.15) is 6.54 Å². The summed E-state index contributed by atoms with van der Waals surface area (Å²) in [5, 5.41) is 14.3. The molecule has 0 fully saturated rings. The van der Waals surface area contributed by atoms with E-state index in [2.05, 4.69) is 20.7 Å². The number of anilines is 1. The topological polar surface area (TPSA) is 72.7 Å². The maximum atomic E-state index is 12.8. The van der Waals surface area contributed by atoms with Gasteiger partial charge in [0.25, 0.3) is 0 Å². The van der Waals surface area contributed by atoms with Gasteiger partial charge in [-0.3, -0.25) is 4.79 Å². The lowest BCUT2D eigenvalue weighted by Gasteiger charge is -2.07. The Bertz CT molecular complexity index is 1030. The molecule has 1 aromatic heterocycles. The fourth-order valence-corrected chi connectivity index (χ4v) is 3.24. The maximum absolute atomic E-state index is 12.8. The SMILES string of the molecule is O=C(Cn1nnc(-c2cccc(C(F)(F)F)c2)n1)Nc1ccc2c(c1)CCC2. The number of alkyl halides is 3. The highest BCUT2D eigenvalue weighted by molar-refractivity contribution is 5.90. The lowest BCUT2D eigenvalue weighted by atomic mass is 10.1. The summed E-state index contributed by atoms with van der Waals surface area (Å²) in [5.41, 5.74) is 2.63. The fraction of sp³-hybridized carbons (Fsp3) is 0.263. The highest BCUT2D eigenvalue weighted by atomic mass is 19.4. The zero-order chi connectivity index (χ0) is 19.7. The van der Waals surface area contributed by atoms with E-state index >= 15 is 0 Å². The van der Waals surface area contributed by atoms with E-state index in [0.717, 1.165) is 36.2 Å². The number of aromatic nitrogens is 4. The number of halogens is 3. The van der Waals surface area contributed by atoms with Crippen LogP contribution in [0.25, 0.3) is 11.4 Å². The van der Waals surface area contributed by atoms with Gasteiger partial charge in [0.05, 0.1) is 5.56 Å². The third kappa shape index (κ3) is 3.88. The van der Waals surface area contributed by atoms with Gasteiger partial charge in [-0.05, 0) is 59.9 Å². The molecular weight excluding hydrogens is 371 g/mol. The molecule has 28 heavy (non-hydrogen) atoms. The molecule has 2 aromatic carbocycles. The van der Waals surface area contributed by atoms with E-state index in [0.29, 0.717) is 5.69 Å². The van der Waals surface area contributed by atoms with Crippen molar-refractivity contribution in [2.75, 3.05) is 5.32 Å². The Morgan fingerprint density at radius 3 is 2.75 bits per heavy atom. The highest BCUT2D eigenvalue weighted by Crippen LogP contribution is 2.31. The Morgan fingerprint density at radius 2 is 1.93 bits per heavy atom. The fourth-order valence-electron chi connectivity index (χ4n) is 3.24. The molecule has 0 bridgehead atoms. The first kappa shape index (κ1) is 18.1. The van der Waals surface area contributed by atoms with Crippen molar-refractivity contribution in [2.45, 2.75) is 32.0 Å². The molecule has 9 heteroatoms. The molecular formula is C19H16F3N5O. The van der Waals surface area contributed by atoms with Crippen molar-refractivity contribution in [1.29, 1.82) is 0 Å². The number of nitrogens with zero attached hydrogens (tertiary/aromatic N) is 4. The van der Waals surface area contributed by atoms with E-state index in [9.17, 15) is 18.0 Å². The van der Waals surface area contributed by atoms with Crippen LogP contribution in [0.2, 0.25) is 0 Å². The summed E-state index contributed by atoms with van der Waals surface area (Å²) >= 11 is 0. The first-order chi connectivity index (χ1) is 13.4. The molecule has 3 aromatic rings. The predicted molar refractivity (Wildman–Crippen MR) is 95.4 cm³/mol. The number of carbonyl (C=O) groups is 1. The molecule has 1 aliphatic carbocycles. The zero-order valence-corrected chi connectivity index (χ0v) is 14.7. The first-order valence-electron chi connectivity index (χ1n) is 8.75. The lowest BCUT2D eigenvalue weighted by molar-refractivity contribution is -0.137. The minimum Gasteiger partial charge on any atom is -0.324 e. The minimum absolute atomic E-state index is 0.0245. The summed E-state index contributed by atoms with van der Waals surface area (Å²) in [7, 11) is 0. The average Bonchev–Trinajstić information content (AvgIpc) is 3.30. The van der Waals surface area contributed by atoms with E-state index in [-0.39, 0.29) is 23.8 Å². The van der Waals surface area contributed by atoms with Gasteiger partial charge in [0.2, 0.25) is 11.7 Å². The van der Waals surface area contributed by atoms with Crippen molar-refractivity contribution < 1.29 is 18.0 Å². The molecule has 1 aliphatic rings. The summed E-state index contributed by atoms with van der Waals surface area (Å²) < 4.78 is 38.5. The number of carbonyl (C=O) groups excluding carboxylic acids is 1. The number of fused-ring (bicyclic) bond motifs is 1. The second-order valence-corrected chi connectivity index (χ2v) is 6.61. The number of tetrazole rings is 1. The van der Waals surface area contributed by atoms with Crippen molar-refractivity contribution in [3.8, 4) is 11.4 Å². The van der Waals surface area contributed by atoms with Crippen LogP contribution in [0.3, 0.4) is 0 Å². The van der Waals surface area contributed by atoms with Crippen LogP contribution >= 0.6 is 0 Å². The Balaban J connectivity index is 1.44. The van der Waals surface area contributed by atoms with E-state index in [1.54, 1.807) is 0 Å². The van der Waals surface area contributed by atoms with E-state index < -0.39 is 11.7 Å². The normalized spacial score (nSPS) is 13.4. The number of benzene rings is 2.